The van der Waals surface area contributed by atoms with Crippen molar-refractivity contribution in [3.63, 3.8) is 0 Å². The minimum Gasteiger partial charge on any atom is -0.497 e. The number of aliphatic carboxylic acids is 1. The molecule has 0 radical (unpaired) electrons. The van der Waals surface area contributed by atoms with Crippen molar-refractivity contribution in [1.82, 2.24) is 0 Å². The first kappa shape index (κ1) is 14.3. The molecule has 0 atom stereocenters. The number of carboxylic acid groups (broad SMARTS) is 1. The van der Waals surface area contributed by atoms with Crippen molar-refractivity contribution in [1.29, 1.82) is 0 Å². The predicted molar refractivity (Wildman–Crippen MR) is 82.6 cm³/mol. The van der Waals surface area contributed by atoms with Gasteiger partial charge in [0.15, 0.2) is 0 Å². The SMILES string of the molecule is COc1cccc(/C=C(\C(=O)O)c2ccc(Br)cc2)c1. The summed E-state index contributed by atoms with van der Waals surface area (Å²) < 4.78 is 6.05. The molecular weight excluding hydrogens is 320 g/mol. The van der Waals surface area contributed by atoms with E-state index >= 15 is 0 Å². The largest absolute Gasteiger partial charge is 0.497 e. The highest BCUT2D eigenvalue weighted by molar-refractivity contribution is 9.10. The summed E-state index contributed by atoms with van der Waals surface area (Å²) >= 11 is 3.33. The molecule has 1 N–H and O–H groups in total. The van der Waals surface area contributed by atoms with E-state index in [1.807, 2.05) is 30.3 Å². The topological polar surface area (TPSA) is 46.5 Å². The van der Waals surface area contributed by atoms with Gasteiger partial charge in [0.1, 0.15) is 5.75 Å². The summed E-state index contributed by atoms with van der Waals surface area (Å²) in [7, 11) is 1.58. The van der Waals surface area contributed by atoms with Gasteiger partial charge in [0.2, 0.25) is 0 Å². The molecule has 0 amide bonds. The van der Waals surface area contributed by atoms with Gasteiger partial charge in [-0.15, -0.1) is 0 Å². The van der Waals surface area contributed by atoms with E-state index in [0.29, 0.717) is 11.3 Å². The van der Waals surface area contributed by atoms with Gasteiger partial charge in [0.25, 0.3) is 0 Å². The molecule has 0 saturated carbocycles. The highest BCUT2D eigenvalue weighted by Gasteiger charge is 2.10. The van der Waals surface area contributed by atoms with Crippen LogP contribution in [0.1, 0.15) is 11.1 Å². The van der Waals surface area contributed by atoms with E-state index in [1.54, 1.807) is 31.4 Å². The molecule has 102 valence electrons. The van der Waals surface area contributed by atoms with E-state index in [1.165, 1.54) is 0 Å². The van der Waals surface area contributed by atoms with Gasteiger partial charge >= 0.3 is 5.97 Å². The average molecular weight is 333 g/mol. The minimum absolute atomic E-state index is 0.241. The number of carbonyl (C=O) groups is 1. The van der Waals surface area contributed by atoms with Crippen molar-refractivity contribution in [3.8, 4) is 5.75 Å². The summed E-state index contributed by atoms with van der Waals surface area (Å²) in [5, 5.41) is 9.37. The number of rotatable bonds is 4. The molecule has 4 heteroatoms. The van der Waals surface area contributed by atoms with Crippen molar-refractivity contribution < 1.29 is 14.6 Å². The minimum atomic E-state index is -0.963. The van der Waals surface area contributed by atoms with Crippen LogP contribution in [0.5, 0.6) is 5.75 Å². The normalized spacial score (nSPS) is 11.2. The zero-order valence-electron chi connectivity index (χ0n) is 10.8. The maximum absolute atomic E-state index is 11.4. The zero-order chi connectivity index (χ0) is 14.5. The van der Waals surface area contributed by atoms with Crippen LogP contribution in [-0.4, -0.2) is 18.2 Å². The van der Waals surface area contributed by atoms with Crippen molar-refractivity contribution in [2.75, 3.05) is 7.11 Å². The van der Waals surface area contributed by atoms with Gasteiger partial charge in [-0.25, -0.2) is 4.79 Å². The predicted octanol–water partition coefficient (Wildman–Crippen LogP) is 4.08. The Labute approximate surface area is 125 Å². The molecule has 0 saturated heterocycles. The molecule has 2 aromatic carbocycles. The smallest absolute Gasteiger partial charge is 0.336 e. The molecule has 0 heterocycles. The van der Waals surface area contributed by atoms with Crippen LogP contribution in [0.15, 0.2) is 53.0 Å². The first-order valence-corrected chi connectivity index (χ1v) is 6.74. The van der Waals surface area contributed by atoms with E-state index < -0.39 is 5.97 Å². The number of hydrogen-bond acceptors (Lipinski definition) is 2. The Balaban J connectivity index is 2.44. The van der Waals surface area contributed by atoms with Gasteiger partial charge in [-0.05, 0) is 41.5 Å². The number of methoxy groups -OCH3 is 1. The molecule has 20 heavy (non-hydrogen) atoms. The molecule has 0 fully saturated rings. The molecule has 0 bridgehead atoms. The average Bonchev–Trinajstić information content (AvgIpc) is 2.46. The standard InChI is InChI=1S/C16H13BrO3/c1-20-14-4-2-3-11(9-14)10-15(16(18)19)12-5-7-13(17)8-6-12/h2-10H,1H3,(H,18,19)/b15-10-. The summed E-state index contributed by atoms with van der Waals surface area (Å²) in [5.74, 6) is -0.269. The van der Waals surface area contributed by atoms with Crippen LogP contribution in [0.4, 0.5) is 0 Å². The molecule has 0 aliphatic carbocycles. The Morgan fingerprint density at radius 3 is 2.50 bits per heavy atom. The Kier molecular flexibility index (Phi) is 4.58. The van der Waals surface area contributed by atoms with Crippen LogP contribution in [0, 0.1) is 0 Å². The molecule has 0 aliphatic rings. The van der Waals surface area contributed by atoms with Crippen LogP contribution < -0.4 is 4.74 Å². The van der Waals surface area contributed by atoms with Gasteiger partial charge in [-0.1, -0.05) is 40.2 Å². The van der Waals surface area contributed by atoms with Crippen molar-refractivity contribution >= 4 is 33.5 Å². The lowest BCUT2D eigenvalue weighted by Crippen LogP contribution is -1.99. The number of benzene rings is 2. The fraction of sp³-hybridized carbons (Fsp3) is 0.0625. The van der Waals surface area contributed by atoms with E-state index in [9.17, 15) is 9.90 Å². The summed E-state index contributed by atoms with van der Waals surface area (Å²) in [5.41, 5.74) is 1.68. The molecule has 2 aromatic rings. The zero-order valence-corrected chi connectivity index (χ0v) is 12.4. The lowest BCUT2D eigenvalue weighted by molar-refractivity contribution is -0.130. The highest BCUT2D eigenvalue weighted by atomic mass is 79.9. The number of halogens is 1. The fourth-order valence-corrected chi connectivity index (χ4v) is 2.06. The molecule has 3 nitrogen and oxygen atoms in total. The first-order chi connectivity index (χ1) is 9.60. The van der Waals surface area contributed by atoms with Crippen LogP contribution in [-0.2, 0) is 4.79 Å². The Morgan fingerprint density at radius 1 is 1.20 bits per heavy atom. The summed E-state index contributed by atoms with van der Waals surface area (Å²) in [6.45, 7) is 0. The molecule has 0 spiro atoms. The Hall–Kier alpha value is -2.07. The number of hydrogen-bond donors (Lipinski definition) is 1. The number of carboxylic acids is 1. The summed E-state index contributed by atoms with van der Waals surface area (Å²) in [4.78, 5) is 11.4. The second kappa shape index (κ2) is 6.39. The van der Waals surface area contributed by atoms with E-state index in [2.05, 4.69) is 15.9 Å². The Morgan fingerprint density at radius 2 is 1.90 bits per heavy atom. The first-order valence-electron chi connectivity index (χ1n) is 5.95. The third-order valence-corrected chi connectivity index (χ3v) is 3.32. The Bertz CT molecular complexity index is 645. The van der Waals surface area contributed by atoms with E-state index in [-0.39, 0.29) is 5.57 Å². The monoisotopic (exact) mass is 332 g/mol. The maximum atomic E-state index is 11.4. The third kappa shape index (κ3) is 3.48. The van der Waals surface area contributed by atoms with Crippen molar-refractivity contribution in [2.45, 2.75) is 0 Å². The number of ether oxygens (including phenoxy) is 1. The van der Waals surface area contributed by atoms with Crippen LogP contribution in [0.25, 0.3) is 11.6 Å². The van der Waals surface area contributed by atoms with Crippen LogP contribution in [0.3, 0.4) is 0 Å². The molecule has 2 rings (SSSR count). The van der Waals surface area contributed by atoms with E-state index in [4.69, 9.17) is 4.74 Å². The summed E-state index contributed by atoms with van der Waals surface area (Å²) in [6.07, 6.45) is 1.63. The van der Waals surface area contributed by atoms with Gasteiger partial charge in [-0.3, -0.25) is 0 Å². The van der Waals surface area contributed by atoms with Crippen molar-refractivity contribution in [3.05, 3.63) is 64.1 Å². The lowest BCUT2D eigenvalue weighted by Gasteiger charge is -2.05. The van der Waals surface area contributed by atoms with Gasteiger partial charge in [0.05, 0.1) is 12.7 Å². The van der Waals surface area contributed by atoms with Gasteiger partial charge in [-0.2, -0.15) is 0 Å². The second-order valence-corrected chi connectivity index (χ2v) is 5.06. The molecule has 0 aliphatic heterocycles. The maximum Gasteiger partial charge on any atom is 0.336 e. The highest BCUT2D eigenvalue weighted by Crippen LogP contribution is 2.22. The van der Waals surface area contributed by atoms with Gasteiger partial charge in [0, 0.05) is 4.47 Å². The van der Waals surface area contributed by atoms with Gasteiger partial charge < -0.3 is 9.84 Å². The summed E-state index contributed by atoms with van der Waals surface area (Å²) in [6, 6.07) is 14.4. The van der Waals surface area contributed by atoms with Crippen LogP contribution >= 0.6 is 15.9 Å². The second-order valence-electron chi connectivity index (χ2n) is 4.15. The fourth-order valence-electron chi connectivity index (χ4n) is 1.80. The van der Waals surface area contributed by atoms with E-state index in [0.717, 1.165) is 10.0 Å². The molecule has 0 unspecified atom stereocenters. The van der Waals surface area contributed by atoms with Crippen LogP contribution in [0.2, 0.25) is 0 Å². The molecular formula is C16H13BrO3. The lowest BCUT2D eigenvalue weighted by atomic mass is 10.0. The third-order valence-electron chi connectivity index (χ3n) is 2.79. The van der Waals surface area contributed by atoms with Crippen molar-refractivity contribution in [2.24, 2.45) is 0 Å². The quantitative estimate of drug-likeness (QED) is 0.677. The molecule has 0 aromatic heterocycles.